The molecule has 2 heteroatoms. The second kappa shape index (κ2) is 19.5. The molecule has 0 aromatic heterocycles. The topological polar surface area (TPSA) is 0 Å². The van der Waals surface area contributed by atoms with Gasteiger partial charge in [-0.3, -0.25) is 0 Å². The van der Waals surface area contributed by atoms with Gasteiger partial charge in [0.2, 0.25) is 0 Å². The number of hydrogen-bond acceptors (Lipinski definition) is 0. The van der Waals surface area contributed by atoms with Crippen molar-refractivity contribution >= 4 is 37.1 Å². The predicted octanol–water partition coefficient (Wildman–Crippen LogP) is 11.4. The summed E-state index contributed by atoms with van der Waals surface area (Å²) in [5, 5.41) is 6.51. The summed E-state index contributed by atoms with van der Waals surface area (Å²) in [5.74, 6) is 0. The lowest BCUT2D eigenvalue weighted by molar-refractivity contribution is 0.796. The molecule has 0 bridgehead atoms. The van der Waals surface area contributed by atoms with Crippen molar-refractivity contribution in [1.82, 2.24) is 0 Å². The maximum absolute atomic E-state index is 2.63. The summed E-state index contributed by atoms with van der Waals surface area (Å²) in [6, 6.07) is 38.1. The Kier molecular flexibility index (Phi) is 15.5. The number of unbranched alkanes of at least 4 members (excludes halogenated alkanes) is 4. The molecule has 4 aromatic rings. The fraction of sp³-hybridized carbons (Fsp3) is 0.455. The van der Waals surface area contributed by atoms with Crippen LogP contribution < -0.4 is 21.2 Å². The minimum atomic E-state index is -0.564. The largest absolute Gasteiger partial charge is 0.0654 e. The smallest absolute Gasteiger partial charge is 0.00859 e. The van der Waals surface area contributed by atoms with E-state index in [1.54, 1.807) is 43.5 Å². The van der Waals surface area contributed by atoms with Crippen LogP contribution in [0.2, 0.25) is 0 Å². The average molecular weight is 651 g/mol. The van der Waals surface area contributed by atoms with Gasteiger partial charge in [0, 0.05) is 0 Å². The van der Waals surface area contributed by atoms with E-state index in [0.29, 0.717) is 11.3 Å². The standard InChI is InChI=1S/C44H60P2/c1-7-11-23-37-27-15-19-31-41(37)45(42-32-20-16-28-38(42)24-12-8-2)35(5)36(6)46(43-33-21-17-29-39(43)25-13-9-3)44-34-22-18-30-40(44)26-14-10-4/h15-22,27-36H,7-14,23-26H2,1-6H3. The van der Waals surface area contributed by atoms with Gasteiger partial charge in [-0.05, 0) is 122 Å². The first-order chi connectivity index (χ1) is 22.5. The van der Waals surface area contributed by atoms with Gasteiger partial charge in [0.15, 0.2) is 0 Å². The van der Waals surface area contributed by atoms with Gasteiger partial charge in [-0.2, -0.15) is 0 Å². The van der Waals surface area contributed by atoms with Gasteiger partial charge < -0.3 is 0 Å². The van der Waals surface area contributed by atoms with E-state index >= 15 is 0 Å². The molecule has 0 nitrogen and oxygen atoms in total. The first kappa shape index (κ1) is 36.6. The molecule has 0 N–H and O–H groups in total. The van der Waals surface area contributed by atoms with Gasteiger partial charge in [-0.1, -0.05) is 164 Å². The predicted molar refractivity (Wildman–Crippen MR) is 212 cm³/mol. The van der Waals surface area contributed by atoms with Crippen LogP contribution in [0.5, 0.6) is 0 Å². The van der Waals surface area contributed by atoms with Crippen LogP contribution in [-0.4, -0.2) is 11.3 Å². The fourth-order valence-electron chi connectivity index (χ4n) is 6.87. The summed E-state index contributed by atoms with van der Waals surface area (Å²) in [4.78, 5) is 0. The third kappa shape index (κ3) is 9.42. The molecular weight excluding hydrogens is 590 g/mol. The maximum Gasteiger partial charge on any atom is -0.00859 e. The van der Waals surface area contributed by atoms with Gasteiger partial charge in [0.25, 0.3) is 0 Å². The zero-order chi connectivity index (χ0) is 32.7. The van der Waals surface area contributed by atoms with E-state index in [-0.39, 0.29) is 0 Å². The van der Waals surface area contributed by atoms with Crippen molar-refractivity contribution in [2.75, 3.05) is 0 Å². The molecule has 4 aromatic carbocycles. The highest BCUT2D eigenvalue weighted by Gasteiger charge is 2.35. The number of aryl methyl sites for hydroxylation is 4. The van der Waals surface area contributed by atoms with E-state index in [1.807, 2.05) is 0 Å². The van der Waals surface area contributed by atoms with Crippen molar-refractivity contribution in [3.63, 3.8) is 0 Å². The highest BCUT2D eigenvalue weighted by Crippen LogP contribution is 2.53. The van der Waals surface area contributed by atoms with Gasteiger partial charge >= 0.3 is 0 Å². The Balaban J connectivity index is 1.92. The molecule has 2 atom stereocenters. The first-order valence-electron chi connectivity index (χ1n) is 18.5. The molecule has 4 rings (SSSR count). The number of rotatable bonds is 19. The molecule has 0 radical (unpaired) electrons. The Labute approximate surface area is 285 Å². The first-order valence-corrected chi connectivity index (χ1v) is 21.3. The van der Waals surface area contributed by atoms with Crippen molar-refractivity contribution < 1.29 is 0 Å². The molecule has 0 heterocycles. The molecule has 0 aliphatic heterocycles. The van der Waals surface area contributed by atoms with Crippen LogP contribution in [0.15, 0.2) is 97.1 Å². The second-order valence-electron chi connectivity index (χ2n) is 13.2. The summed E-state index contributed by atoms with van der Waals surface area (Å²) in [6.45, 7) is 14.6. The third-order valence-corrected chi connectivity index (χ3v) is 16.3. The molecule has 0 spiro atoms. The summed E-state index contributed by atoms with van der Waals surface area (Å²) in [5.41, 5.74) is 7.38. The van der Waals surface area contributed by atoms with Crippen LogP contribution in [0.25, 0.3) is 0 Å². The van der Waals surface area contributed by atoms with Gasteiger partial charge in [0.05, 0.1) is 0 Å². The van der Waals surface area contributed by atoms with E-state index in [9.17, 15) is 0 Å². The van der Waals surface area contributed by atoms with E-state index in [0.717, 1.165) is 0 Å². The maximum atomic E-state index is 2.63. The zero-order valence-corrected chi connectivity index (χ0v) is 31.6. The normalized spacial score (nSPS) is 13.0. The van der Waals surface area contributed by atoms with Crippen molar-refractivity contribution in [3.8, 4) is 0 Å². The summed E-state index contributed by atoms with van der Waals surface area (Å²) in [6.07, 6.45) is 14.7. The van der Waals surface area contributed by atoms with Crippen LogP contribution in [0.4, 0.5) is 0 Å². The summed E-state index contributed by atoms with van der Waals surface area (Å²) >= 11 is 0. The Bertz CT molecular complexity index is 1240. The molecule has 46 heavy (non-hydrogen) atoms. The van der Waals surface area contributed by atoms with Crippen LogP contribution in [0.1, 0.15) is 115 Å². The number of hydrogen-bond donors (Lipinski definition) is 0. The molecule has 0 saturated carbocycles. The van der Waals surface area contributed by atoms with Gasteiger partial charge in [-0.25, -0.2) is 0 Å². The zero-order valence-electron chi connectivity index (χ0n) is 29.8. The van der Waals surface area contributed by atoms with Crippen LogP contribution in [0.3, 0.4) is 0 Å². The SMILES string of the molecule is CCCCc1ccccc1P(c1ccccc1CCCC)C(C)C(C)P(c1ccccc1CCCC)c1ccccc1CCCC. The lowest BCUT2D eigenvalue weighted by atomic mass is 10.1. The van der Waals surface area contributed by atoms with E-state index < -0.39 is 15.8 Å². The van der Waals surface area contributed by atoms with Crippen molar-refractivity contribution in [3.05, 3.63) is 119 Å². The molecule has 0 saturated heterocycles. The van der Waals surface area contributed by atoms with E-state index in [2.05, 4.69) is 139 Å². The summed E-state index contributed by atoms with van der Waals surface area (Å²) < 4.78 is 0. The molecule has 2 unspecified atom stereocenters. The Morgan fingerprint density at radius 2 is 0.587 bits per heavy atom. The minimum absolute atomic E-state index is 0.533. The molecule has 0 aliphatic rings. The molecule has 0 fully saturated rings. The minimum Gasteiger partial charge on any atom is -0.0654 e. The second-order valence-corrected chi connectivity index (χ2v) is 18.2. The average Bonchev–Trinajstić information content (AvgIpc) is 3.10. The molecular formula is C44H60P2. The molecule has 0 amide bonds. The molecule has 0 aliphatic carbocycles. The monoisotopic (exact) mass is 650 g/mol. The molecule has 246 valence electrons. The quantitative estimate of drug-likeness (QED) is 0.0886. The Morgan fingerprint density at radius 1 is 0.370 bits per heavy atom. The Hall–Kier alpha value is -2.26. The highest BCUT2D eigenvalue weighted by atomic mass is 31.1. The van der Waals surface area contributed by atoms with Crippen molar-refractivity contribution in [2.45, 2.75) is 130 Å². The van der Waals surface area contributed by atoms with E-state index in [4.69, 9.17) is 0 Å². The fourth-order valence-corrected chi connectivity index (χ4v) is 13.8. The lowest BCUT2D eigenvalue weighted by Crippen LogP contribution is -2.35. The van der Waals surface area contributed by atoms with Crippen LogP contribution in [0, 0.1) is 0 Å². The van der Waals surface area contributed by atoms with Crippen molar-refractivity contribution in [1.29, 1.82) is 0 Å². The number of benzene rings is 4. The van der Waals surface area contributed by atoms with E-state index in [1.165, 1.54) is 77.0 Å². The highest BCUT2D eigenvalue weighted by molar-refractivity contribution is 7.77. The van der Waals surface area contributed by atoms with Gasteiger partial charge in [-0.15, -0.1) is 0 Å². The van der Waals surface area contributed by atoms with Gasteiger partial charge in [0.1, 0.15) is 0 Å². The summed E-state index contributed by atoms with van der Waals surface area (Å²) in [7, 11) is -1.13. The van der Waals surface area contributed by atoms with Crippen molar-refractivity contribution in [2.24, 2.45) is 0 Å². The Morgan fingerprint density at radius 3 is 0.804 bits per heavy atom. The van der Waals surface area contributed by atoms with Crippen LogP contribution >= 0.6 is 15.8 Å². The third-order valence-electron chi connectivity index (χ3n) is 9.72. The van der Waals surface area contributed by atoms with Crippen LogP contribution in [-0.2, 0) is 25.7 Å². The lowest BCUT2D eigenvalue weighted by Gasteiger charge is -2.38.